The normalized spacial score (nSPS) is 12.2. The number of unbranched alkanes of at least 4 members (excludes halogenated alkanes) is 42. The van der Waals surface area contributed by atoms with Crippen LogP contribution in [0.5, 0.6) is 0 Å². The first kappa shape index (κ1) is 69.6. The van der Waals surface area contributed by atoms with Crippen LogP contribution in [0.2, 0.25) is 0 Å². The third-order valence-corrected chi connectivity index (χ3v) is 14.4. The average molecular weight is 1010 g/mol. The first-order valence-corrected chi connectivity index (χ1v) is 32.0. The Labute approximate surface area is 448 Å². The van der Waals surface area contributed by atoms with Crippen molar-refractivity contribution in [2.75, 3.05) is 13.2 Å². The highest BCUT2D eigenvalue weighted by Crippen LogP contribution is 2.17. The Bertz CT molecular complexity index is 1210. The van der Waals surface area contributed by atoms with E-state index in [1.165, 1.54) is 238 Å². The van der Waals surface area contributed by atoms with Gasteiger partial charge in [-0.15, -0.1) is 0 Å². The SMILES string of the molecule is CCCCC/C=C\C/C=C\CCCCCCCCCC(=O)OCC(COC(=O)CCCCCCCCCCCCCCCCCCCCC)OC(=O)CCCCCCCCC/C=C\CCCCCCCCC. The maximum absolute atomic E-state index is 12.9. The summed E-state index contributed by atoms with van der Waals surface area (Å²) in [4.78, 5) is 38.3. The predicted octanol–water partition coefficient (Wildman–Crippen LogP) is 21.6. The van der Waals surface area contributed by atoms with Crippen molar-refractivity contribution in [1.82, 2.24) is 0 Å². The number of carbonyl (C=O) groups excluding carboxylic acids is 3. The minimum Gasteiger partial charge on any atom is -0.462 e. The summed E-state index contributed by atoms with van der Waals surface area (Å²) >= 11 is 0. The molecule has 1 unspecified atom stereocenters. The summed E-state index contributed by atoms with van der Waals surface area (Å²) in [7, 11) is 0. The number of carbonyl (C=O) groups is 3. The molecule has 0 heterocycles. The lowest BCUT2D eigenvalue weighted by Gasteiger charge is -2.18. The smallest absolute Gasteiger partial charge is 0.306 e. The van der Waals surface area contributed by atoms with Crippen LogP contribution in [-0.4, -0.2) is 37.2 Å². The van der Waals surface area contributed by atoms with Crippen LogP contribution in [0, 0.1) is 0 Å². The highest BCUT2D eigenvalue weighted by molar-refractivity contribution is 5.71. The number of esters is 3. The lowest BCUT2D eigenvalue weighted by molar-refractivity contribution is -0.167. The summed E-state index contributed by atoms with van der Waals surface area (Å²) in [6, 6.07) is 0. The molecule has 0 fully saturated rings. The van der Waals surface area contributed by atoms with Gasteiger partial charge in [-0.3, -0.25) is 14.4 Å². The van der Waals surface area contributed by atoms with Crippen molar-refractivity contribution >= 4 is 17.9 Å². The molecule has 0 bridgehead atoms. The maximum Gasteiger partial charge on any atom is 0.306 e. The molecular weight excluding hydrogens is 889 g/mol. The van der Waals surface area contributed by atoms with Crippen LogP contribution in [0.3, 0.4) is 0 Å². The summed E-state index contributed by atoms with van der Waals surface area (Å²) in [5.41, 5.74) is 0. The van der Waals surface area contributed by atoms with Crippen molar-refractivity contribution in [1.29, 1.82) is 0 Å². The van der Waals surface area contributed by atoms with E-state index < -0.39 is 6.10 Å². The maximum atomic E-state index is 12.9. The van der Waals surface area contributed by atoms with Crippen LogP contribution >= 0.6 is 0 Å². The van der Waals surface area contributed by atoms with E-state index in [1.54, 1.807) is 0 Å². The summed E-state index contributed by atoms with van der Waals surface area (Å²) in [6.45, 7) is 6.66. The third-order valence-electron chi connectivity index (χ3n) is 14.4. The van der Waals surface area contributed by atoms with Gasteiger partial charge in [0.1, 0.15) is 13.2 Å². The van der Waals surface area contributed by atoms with Gasteiger partial charge in [0.05, 0.1) is 0 Å². The second-order valence-corrected chi connectivity index (χ2v) is 21.7. The molecule has 0 aliphatic heterocycles. The molecule has 0 aromatic heterocycles. The Kier molecular flexibility index (Phi) is 59.2. The Hall–Kier alpha value is -2.37. The van der Waals surface area contributed by atoms with E-state index in [9.17, 15) is 14.4 Å². The minimum atomic E-state index is -0.776. The molecule has 6 heteroatoms. The third kappa shape index (κ3) is 58.5. The summed E-state index contributed by atoms with van der Waals surface area (Å²) in [5.74, 6) is -0.861. The van der Waals surface area contributed by atoms with E-state index >= 15 is 0 Å². The van der Waals surface area contributed by atoms with Gasteiger partial charge >= 0.3 is 17.9 Å². The van der Waals surface area contributed by atoms with Crippen LogP contribution < -0.4 is 0 Å². The molecule has 0 N–H and O–H groups in total. The van der Waals surface area contributed by atoms with Gasteiger partial charge in [0.2, 0.25) is 0 Å². The predicted molar refractivity (Wildman–Crippen MR) is 312 cm³/mol. The summed E-state index contributed by atoms with van der Waals surface area (Å²) in [5, 5.41) is 0. The van der Waals surface area contributed by atoms with Gasteiger partial charge in [0.25, 0.3) is 0 Å². The lowest BCUT2D eigenvalue weighted by Crippen LogP contribution is -2.30. The van der Waals surface area contributed by atoms with E-state index in [2.05, 4.69) is 57.2 Å². The van der Waals surface area contributed by atoms with Crippen LogP contribution in [0.4, 0.5) is 0 Å². The molecule has 0 rings (SSSR count). The van der Waals surface area contributed by atoms with Crippen LogP contribution in [0.25, 0.3) is 0 Å². The molecule has 0 radical (unpaired) electrons. The fraction of sp³-hybridized carbons (Fsp3) is 0.864. The first-order valence-electron chi connectivity index (χ1n) is 32.0. The van der Waals surface area contributed by atoms with Gasteiger partial charge in [0, 0.05) is 19.3 Å². The van der Waals surface area contributed by atoms with Gasteiger partial charge < -0.3 is 14.2 Å². The molecule has 0 spiro atoms. The summed E-state index contributed by atoms with van der Waals surface area (Å²) in [6.07, 6.45) is 74.3. The van der Waals surface area contributed by atoms with Crippen molar-refractivity contribution < 1.29 is 28.6 Å². The zero-order valence-corrected chi connectivity index (χ0v) is 48.5. The first-order chi connectivity index (χ1) is 35.5. The molecule has 0 saturated carbocycles. The molecule has 422 valence electrons. The zero-order chi connectivity index (χ0) is 52.2. The van der Waals surface area contributed by atoms with Crippen molar-refractivity contribution in [3.05, 3.63) is 36.5 Å². The number of rotatable bonds is 59. The average Bonchev–Trinajstić information content (AvgIpc) is 3.38. The number of hydrogen-bond donors (Lipinski definition) is 0. The van der Waals surface area contributed by atoms with Crippen LogP contribution in [0.1, 0.15) is 348 Å². The molecule has 6 nitrogen and oxygen atoms in total. The molecular formula is C66H122O6. The Morgan fingerprint density at radius 1 is 0.278 bits per heavy atom. The highest BCUT2D eigenvalue weighted by atomic mass is 16.6. The van der Waals surface area contributed by atoms with Crippen molar-refractivity contribution in [2.24, 2.45) is 0 Å². The van der Waals surface area contributed by atoms with Gasteiger partial charge in [-0.1, -0.05) is 288 Å². The largest absolute Gasteiger partial charge is 0.462 e. The Morgan fingerprint density at radius 3 is 0.806 bits per heavy atom. The topological polar surface area (TPSA) is 78.9 Å². The number of hydrogen-bond acceptors (Lipinski definition) is 6. The second kappa shape index (κ2) is 61.2. The lowest BCUT2D eigenvalue weighted by atomic mass is 10.0. The zero-order valence-electron chi connectivity index (χ0n) is 48.5. The van der Waals surface area contributed by atoms with Gasteiger partial charge in [-0.05, 0) is 77.0 Å². The second-order valence-electron chi connectivity index (χ2n) is 21.7. The quantitative estimate of drug-likeness (QED) is 0.0261. The van der Waals surface area contributed by atoms with Gasteiger partial charge in [-0.2, -0.15) is 0 Å². The molecule has 0 saturated heterocycles. The number of ether oxygens (including phenoxy) is 3. The molecule has 0 aliphatic rings. The van der Waals surface area contributed by atoms with Crippen LogP contribution in [0.15, 0.2) is 36.5 Å². The molecule has 72 heavy (non-hydrogen) atoms. The summed E-state index contributed by atoms with van der Waals surface area (Å²) < 4.78 is 16.9. The van der Waals surface area contributed by atoms with E-state index in [-0.39, 0.29) is 31.1 Å². The molecule has 0 aromatic carbocycles. The van der Waals surface area contributed by atoms with Crippen molar-refractivity contribution in [2.45, 2.75) is 354 Å². The van der Waals surface area contributed by atoms with Gasteiger partial charge in [-0.25, -0.2) is 0 Å². The van der Waals surface area contributed by atoms with E-state index in [0.29, 0.717) is 19.3 Å². The fourth-order valence-corrected chi connectivity index (χ4v) is 9.53. The monoisotopic (exact) mass is 1010 g/mol. The van der Waals surface area contributed by atoms with Gasteiger partial charge in [0.15, 0.2) is 6.10 Å². The molecule has 1 atom stereocenters. The minimum absolute atomic E-state index is 0.0722. The van der Waals surface area contributed by atoms with Crippen molar-refractivity contribution in [3.8, 4) is 0 Å². The fourth-order valence-electron chi connectivity index (χ4n) is 9.53. The Morgan fingerprint density at radius 2 is 0.500 bits per heavy atom. The van der Waals surface area contributed by atoms with E-state index in [0.717, 1.165) is 70.6 Å². The van der Waals surface area contributed by atoms with E-state index in [1.807, 2.05) is 0 Å². The molecule has 0 amide bonds. The van der Waals surface area contributed by atoms with Crippen LogP contribution in [-0.2, 0) is 28.6 Å². The van der Waals surface area contributed by atoms with Crippen molar-refractivity contribution in [3.63, 3.8) is 0 Å². The number of allylic oxidation sites excluding steroid dienone is 6. The molecule has 0 aliphatic carbocycles. The molecule has 0 aromatic rings. The Balaban J connectivity index is 4.34. The highest BCUT2D eigenvalue weighted by Gasteiger charge is 2.19. The standard InChI is InChI=1S/C66H122O6/c1-4-7-10-13-16-19-22-25-28-31-33-36-38-41-44-47-50-53-56-59-65(68)71-62-63(61-70-64(67)58-55-52-49-46-43-40-37-34-30-27-24-21-18-15-12-9-6-3)72-66(69)60-57-54-51-48-45-42-39-35-32-29-26-23-20-17-14-11-8-5-2/h18,21,27,29-30,32,63H,4-17,19-20,22-26,28,31,33-62H2,1-3H3/b21-18-,30-27-,32-29-. The van der Waals surface area contributed by atoms with E-state index in [4.69, 9.17) is 14.2 Å².